The number of rotatable bonds is 8. The van der Waals surface area contributed by atoms with E-state index in [2.05, 4.69) is 20.9 Å². The third-order valence-electron chi connectivity index (χ3n) is 4.83. The van der Waals surface area contributed by atoms with Crippen LogP contribution < -0.4 is 16.0 Å². The van der Waals surface area contributed by atoms with Gasteiger partial charge in [0.15, 0.2) is 0 Å². The first kappa shape index (κ1) is 18.2. The Kier molecular flexibility index (Phi) is 8.39. The van der Waals surface area contributed by atoms with Gasteiger partial charge in [0.25, 0.3) is 0 Å². The third-order valence-corrected chi connectivity index (χ3v) is 4.83. The number of amides is 2. The summed E-state index contributed by atoms with van der Waals surface area (Å²) in [5, 5.41) is 8.96. The molecule has 3 N–H and O–H groups in total. The van der Waals surface area contributed by atoms with Crippen molar-refractivity contribution >= 4 is 11.8 Å². The largest absolute Gasteiger partial charge is 0.355 e. The van der Waals surface area contributed by atoms with Gasteiger partial charge in [0, 0.05) is 39.1 Å². The molecule has 1 saturated heterocycles. The molecule has 0 spiro atoms. The molecular weight excluding hydrogens is 292 g/mol. The van der Waals surface area contributed by atoms with Gasteiger partial charge in [-0.3, -0.25) is 9.59 Å². The summed E-state index contributed by atoms with van der Waals surface area (Å²) in [5.41, 5.74) is 0. The number of hydrogen-bond acceptors (Lipinski definition) is 4. The first-order chi connectivity index (χ1) is 11.2. The zero-order valence-corrected chi connectivity index (χ0v) is 14.2. The molecule has 2 aliphatic rings. The summed E-state index contributed by atoms with van der Waals surface area (Å²) in [4.78, 5) is 26.0. The van der Waals surface area contributed by atoms with Crippen LogP contribution in [-0.4, -0.2) is 62.5 Å². The quantitative estimate of drug-likeness (QED) is 0.568. The zero-order valence-electron chi connectivity index (χ0n) is 14.2. The van der Waals surface area contributed by atoms with E-state index in [1.807, 2.05) is 0 Å². The number of piperazine rings is 1. The van der Waals surface area contributed by atoms with E-state index in [1.54, 1.807) is 0 Å². The Hall–Kier alpha value is -1.14. The number of hydrogen-bond donors (Lipinski definition) is 3. The van der Waals surface area contributed by atoms with Gasteiger partial charge in [-0.25, -0.2) is 0 Å². The van der Waals surface area contributed by atoms with Crippen molar-refractivity contribution in [3.63, 3.8) is 0 Å². The average Bonchev–Trinajstić information content (AvgIpc) is 2.59. The van der Waals surface area contributed by atoms with E-state index in [9.17, 15) is 9.59 Å². The van der Waals surface area contributed by atoms with Gasteiger partial charge in [0.1, 0.15) is 0 Å². The Balaban J connectivity index is 1.46. The van der Waals surface area contributed by atoms with Crippen LogP contribution in [0.3, 0.4) is 0 Å². The van der Waals surface area contributed by atoms with Gasteiger partial charge in [-0.15, -0.1) is 0 Å². The van der Waals surface area contributed by atoms with Gasteiger partial charge in [0.05, 0.1) is 6.54 Å². The lowest BCUT2D eigenvalue weighted by molar-refractivity contribution is -0.126. The highest BCUT2D eigenvalue weighted by Gasteiger charge is 2.17. The van der Waals surface area contributed by atoms with Crippen molar-refractivity contribution < 1.29 is 9.59 Å². The van der Waals surface area contributed by atoms with Gasteiger partial charge in [-0.05, 0) is 31.7 Å². The summed E-state index contributed by atoms with van der Waals surface area (Å²) in [6, 6.07) is 0. The van der Waals surface area contributed by atoms with Crippen LogP contribution in [0.5, 0.6) is 0 Å². The Morgan fingerprint density at radius 1 is 1.00 bits per heavy atom. The summed E-state index contributed by atoms with van der Waals surface area (Å²) < 4.78 is 0. The van der Waals surface area contributed by atoms with Gasteiger partial charge in [0.2, 0.25) is 11.8 Å². The highest BCUT2D eigenvalue weighted by molar-refractivity contribution is 5.84. The Labute approximate surface area is 139 Å². The van der Waals surface area contributed by atoms with Crippen molar-refractivity contribution in [3.8, 4) is 0 Å². The summed E-state index contributed by atoms with van der Waals surface area (Å²) in [7, 11) is 0. The predicted octanol–water partition coefficient (Wildman–Crippen LogP) is 0.485. The second-order valence-corrected chi connectivity index (χ2v) is 6.78. The SMILES string of the molecule is O=C(CNC(=O)CC1CCCCC1)NCCCN1CCNCC1. The number of nitrogens with one attached hydrogen (secondary N) is 3. The van der Waals surface area contributed by atoms with Crippen molar-refractivity contribution in [2.75, 3.05) is 45.8 Å². The summed E-state index contributed by atoms with van der Waals surface area (Å²) in [5.74, 6) is 0.459. The molecule has 2 amide bonds. The molecule has 2 fully saturated rings. The van der Waals surface area contributed by atoms with Crippen LogP contribution in [-0.2, 0) is 9.59 Å². The average molecular weight is 324 g/mol. The maximum atomic E-state index is 11.8. The molecule has 132 valence electrons. The zero-order chi connectivity index (χ0) is 16.3. The second-order valence-electron chi connectivity index (χ2n) is 6.78. The van der Waals surface area contributed by atoms with E-state index in [-0.39, 0.29) is 18.4 Å². The van der Waals surface area contributed by atoms with Crippen molar-refractivity contribution in [2.24, 2.45) is 5.92 Å². The molecule has 2 rings (SSSR count). The molecule has 0 aromatic rings. The molecule has 0 atom stereocenters. The van der Waals surface area contributed by atoms with Crippen molar-refractivity contribution in [2.45, 2.75) is 44.9 Å². The van der Waals surface area contributed by atoms with Crippen molar-refractivity contribution in [1.82, 2.24) is 20.9 Å². The molecule has 1 aliphatic heterocycles. The molecule has 6 nitrogen and oxygen atoms in total. The minimum atomic E-state index is -0.0812. The van der Waals surface area contributed by atoms with E-state index in [1.165, 1.54) is 19.3 Å². The van der Waals surface area contributed by atoms with Gasteiger partial charge in [-0.2, -0.15) is 0 Å². The van der Waals surface area contributed by atoms with Crippen LogP contribution in [0.25, 0.3) is 0 Å². The molecule has 1 saturated carbocycles. The van der Waals surface area contributed by atoms with Gasteiger partial charge >= 0.3 is 0 Å². The van der Waals surface area contributed by atoms with Crippen molar-refractivity contribution in [1.29, 1.82) is 0 Å². The van der Waals surface area contributed by atoms with E-state index < -0.39 is 0 Å². The smallest absolute Gasteiger partial charge is 0.239 e. The molecule has 0 radical (unpaired) electrons. The minimum absolute atomic E-state index is 0.0212. The monoisotopic (exact) mass is 324 g/mol. The maximum absolute atomic E-state index is 11.8. The summed E-state index contributed by atoms with van der Waals surface area (Å²) in [6.07, 6.45) is 7.64. The molecular formula is C17H32N4O2. The van der Waals surface area contributed by atoms with Crippen molar-refractivity contribution in [3.05, 3.63) is 0 Å². The lowest BCUT2D eigenvalue weighted by Gasteiger charge is -2.27. The van der Waals surface area contributed by atoms with Gasteiger partial charge < -0.3 is 20.9 Å². The molecule has 1 heterocycles. The topological polar surface area (TPSA) is 73.5 Å². The van der Waals surface area contributed by atoms with Crippen LogP contribution in [0, 0.1) is 5.92 Å². The molecule has 23 heavy (non-hydrogen) atoms. The van der Waals surface area contributed by atoms with Crippen LogP contribution >= 0.6 is 0 Å². The molecule has 0 aromatic heterocycles. The molecule has 0 bridgehead atoms. The highest BCUT2D eigenvalue weighted by Crippen LogP contribution is 2.25. The number of carbonyl (C=O) groups is 2. The Morgan fingerprint density at radius 2 is 1.74 bits per heavy atom. The highest BCUT2D eigenvalue weighted by atomic mass is 16.2. The van der Waals surface area contributed by atoms with Crippen LogP contribution in [0.15, 0.2) is 0 Å². The third kappa shape index (κ3) is 7.79. The van der Waals surface area contributed by atoms with E-state index in [0.29, 0.717) is 18.9 Å². The fourth-order valence-electron chi connectivity index (χ4n) is 3.43. The summed E-state index contributed by atoms with van der Waals surface area (Å²) >= 11 is 0. The molecule has 0 aromatic carbocycles. The van der Waals surface area contributed by atoms with Gasteiger partial charge in [-0.1, -0.05) is 19.3 Å². The molecule has 0 unspecified atom stereocenters. The van der Waals surface area contributed by atoms with E-state index >= 15 is 0 Å². The molecule has 1 aliphatic carbocycles. The number of nitrogens with zero attached hydrogens (tertiary/aromatic N) is 1. The number of carbonyl (C=O) groups excluding carboxylic acids is 2. The Bertz CT molecular complexity index is 364. The van der Waals surface area contributed by atoms with E-state index in [4.69, 9.17) is 0 Å². The second kappa shape index (κ2) is 10.6. The Morgan fingerprint density at radius 3 is 2.48 bits per heavy atom. The fraction of sp³-hybridized carbons (Fsp3) is 0.882. The lowest BCUT2D eigenvalue weighted by atomic mass is 9.87. The minimum Gasteiger partial charge on any atom is -0.355 e. The normalized spacial score (nSPS) is 20.2. The molecule has 6 heteroatoms. The van der Waals surface area contributed by atoms with Crippen LogP contribution in [0.2, 0.25) is 0 Å². The standard InChI is InChI=1S/C17H32N4O2/c22-16(13-15-5-2-1-3-6-15)20-14-17(23)19-7-4-10-21-11-8-18-9-12-21/h15,18H,1-14H2,(H,19,23)(H,20,22). The first-order valence-corrected chi connectivity index (χ1v) is 9.20. The maximum Gasteiger partial charge on any atom is 0.239 e. The fourth-order valence-corrected chi connectivity index (χ4v) is 3.43. The van der Waals surface area contributed by atoms with Crippen LogP contribution in [0.4, 0.5) is 0 Å². The van der Waals surface area contributed by atoms with E-state index in [0.717, 1.165) is 52.0 Å². The van der Waals surface area contributed by atoms with Crippen LogP contribution in [0.1, 0.15) is 44.9 Å². The lowest BCUT2D eigenvalue weighted by Crippen LogP contribution is -2.44. The predicted molar refractivity (Wildman–Crippen MR) is 91.1 cm³/mol. The first-order valence-electron chi connectivity index (χ1n) is 9.20. The summed E-state index contributed by atoms with van der Waals surface area (Å²) in [6.45, 7) is 6.10.